The molecular weight excluding hydrogens is 339 g/mol. The zero-order chi connectivity index (χ0) is 14.5. The number of nitrogens with two attached hydrogens (primary N) is 1. The molecule has 0 aliphatic carbocycles. The third-order valence-corrected chi connectivity index (χ3v) is 4.91. The molecule has 0 aliphatic rings. The second-order valence-electron chi connectivity index (χ2n) is 4.56. The highest BCUT2D eigenvalue weighted by molar-refractivity contribution is 9.10. The zero-order valence-corrected chi connectivity index (χ0v) is 13.8. The van der Waals surface area contributed by atoms with Gasteiger partial charge in [-0.15, -0.1) is 11.3 Å². The van der Waals surface area contributed by atoms with Crippen molar-refractivity contribution in [2.75, 3.05) is 13.1 Å². The van der Waals surface area contributed by atoms with E-state index in [1.165, 1.54) is 10.9 Å². The first-order valence-electron chi connectivity index (χ1n) is 6.57. The molecule has 20 heavy (non-hydrogen) atoms. The number of benzene rings is 1. The van der Waals surface area contributed by atoms with Crippen LogP contribution in [0.15, 0.2) is 40.2 Å². The van der Waals surface area contributed by atoms with E-state index in [9.17, 15) is 4.39 Å². The van der Waals surface area contributed by atoms with Crippen molar-refractivity contribution in [1.82, 2.24) is 4.90 Å². The van der Waals surface area contributed by atoms with Crippen LogP contribution in [-0.2, 0) is 6.54 Å². The Morgan fingerprint density at radius 2 is 2.20 bits per heavy atom. The normalized spacial score (nSPS) is 12.8. The van der Waals surface area contributed by atoms with Crippen molar-refractivity contribution in [1.29, 1.82) is 0 Å². The van der Waals surface area contributed by atoms with Crippen molar-refractivity contribution < 1.29 is 4.39 Å². The molecule has 108 valence electrons. The molecule has 2 aromatic rings. The number of rotatable bonds is 6. The topological polar surface area (TPSA) is 29.3 Å². The quantitative estimate of drug-likeness (QED) is 0.841. The van der Waals surface area contributed by atoms with Gasteiger partial charge in [0.2, 0.25) is 0 Å². The summed E-state index contributed by atoms with van der Waals surface area (Å²) in [5.74, 6) is -0.228. The van der Waals surface area contributed by atoms with Crippen LogP contribution in [0.5, 0.6) is 0 Å². The van der Waals surface area contributed by atoms with Crippen molar-refractivity contribution >= 4 is 27.3 Å². The molecule has 5 heteroatoms. The van der Waals surface area contributed by atoms with Crippen molar-refractivity contribution in [3.63, 3.8) is 0 Å². The minimum atomic E-state index is -0.228. The fourth-order valence-electron chi connectivity index (χ4n) is 2.29. The van der Waals surface area contributed by atoms with E-state index in [1.54, 1.807) is 23.5 Å². The summed E-state index contributed by atoms with van der Waals surface area (Å²) in [6.45, 7) is 4.26. The lowest BCUT2D eigenvalue weighted by Gasteiger charge is -2.30. The minimum absolute atomic E-state index is 0.00664. The molecule has 2 nitrogen and oxygen atoms in total. The van der Waals surface area contributed by atoms with Crippen LogP contribution in [0, 0.1) is 5.82 Å². The van der Waals surface area contributed by atoms with Gasteiger partial charge in [-0.3, -0.25) is 4.90 Å². The van der Waals surface area contributed by atoms with Gasteiger partial charge in [0.1, 0.15) is 5.82 Å². The Hall–Kier alpha value is -0.750. The average Bonchev–Trinajstić information content (AvgIpc) is 2.95. The van der Waals surface area contributed by atoms with E-state index in [1.807, 2.05) is 6.07 Å². The molecular formula is C15H18BrFN2S. The average molecular weight is 357 g/mol. The highest BCUT2D eigenvalue weighted by atomic mass is 79.9. The van der Waals surface area contributed by atoms with Gasteiger partial charge in [-0.05, 0) is 41.8 Å². The third-order valence-electron chi connectivity index (χ3n) is 3.33. The molecule has 2 rings (SSSR count). The second-order valence-corrected chi connectivity index (χ2v) is 6.45. The van der Waals surface area contributed by atoms with E-state index in [4.69, 9.17) is 5.73 Å². The minimum Gasteiger partial charge on any atom is -0.329 e. The smallest absolute Gasteiger partial charge is 0.123 e. The maximum Gasteiger partial charge on any atom is 0.123 e. The highest BCUT2D eigenvalue weighted by Gasteiger charge is 2.21. The largest absolute Gasteiger partial charge is 0.329 e. The molecule has 0 saturated carbocycles. The summed E-state index contributed by atoms with van der Waals surface area (Å²) in [7, 11) is 0. The molecule has 1 unspecified atom stereocenters. The van der Waals surface area contributed by atoms with E-state index in [0.29, 0.717) is 6.54 Å². The summed E-state index contributed by atoms with van der Waals surface area (Å²) in [4.78, 5) is 3.56. The summed E-state index contributed by atoms with van der Waals surface area (Å²) >= 11 is 5.23. The van der Waals surface area contributed by atoms with Gasteiger partial charge in [0.15, 0.2) is 0 Å². The Kier molecular flexibility index (Phi) is 5.72. The van der Waals surface area contributed by atoms with Crippen molar-refractivity contribution in [2.45, 2.75) is 19.5 Å². The van der Waals surface area contributed by atoms with Crippen LogP contribution in [0.3, 0.4) is 0 Å². The SMILES string of the molecule is CCN(Cc1cccs1)C(CN)c1cc(F)ccc1Br. The predicted molar refractivity (Wildman–Crippen MR) is 86.3 cm³/mol. The zero-order valence-electron chi connectivity index (χ0n) is 11.4. The summed E-state index contributed by atoms with van der Waals surface area (Å²) in [6, 6.07) is 8.93. The summed E-state index contributed by atoms with van der Waals surface area (Å²) in [5.41, 5.74) is 6.86. The molecule has 0 radical (unpaired) electrons. The maximum absolute atomic E-state index is 13.5. The molecule has 0 saturated heterocycles. The molecule has 1 aromatic heterocycles. The van der Waals surface area contributed by atoms with Crippen molar-refractivity contribution in [2.24, 2.45) is 5.73 Å². The molecule has 0 spiro atoms. The van der Waals surface area contributed by atoms with Crippen LogP contribution >= 0.6 is 27.3 Å². The van der Waals surface area contributed by atoms with Crippen molar-refractivity contribution in [3.8, 4) is 0 Å². The van der Waals surface area contributed by atoms with Gasteiger partial charge in [0, 0.05) is 28.5 Å². The number of thiophene rings is 1. The lowest BCUT2D eigenvalue weighted by atomic mass is 10.0. The van der Waals surface area contributed by atoms with Crippen LogP contribution in [0.25, 0.3) is 0 Å². The van der Waals surface area contributed by atoms with E-state index in [-0.39, 0.29) is 11.9 Å². The van der Waals surface area contributed by atoms with E-state index < -0.39 is 0 Å². The Labute approximate surface area is 131 Å². The highest BCUT2D eigenvalue weighted by Crippen LogP contribution is 2.29. The van der Waals surface area contributed by atoms with Gasteiger partial charge in [0.05, 0.1) is 0 Å². The first-order valence-corrected chi connectivity index (χ1v) is 8.24. The van der Waals surface area contributed by atoms with Crippen molar-refractivity contribution in [3.05, 3.63) is 56.4 Å². The first-order chi connectivity index (χ1) is 9.65. The number of nitrogens with zero attached hydrogens (tertiary/aromatic N) is 1. The molecule has 2 N–H and O–H groups in total. The Bertz CT molecular complexity index is 545. The Morgan fingerprint density at radius 3 is 2.80 bits per heavy atom. The molecule has 0 fully saturated rings. The number of halogens is 2. The van der Waals surface area contributed by atoms with Gasteiger partial charge in [0.25, 0.3) is 0 Å². The van der Waals surface area contributed by atoms with Crippen LogP contribution in [0.2, 0.25) is 0 Å². The van der Waals surface area contributed by atoms with Gasteiger partial charge < -0.3 is 5.73 Å². The molecule has 1 atom stereocenters. The van der Waals surface area contributed by atoms with Gasteiger partial charge in [-0.2, -0.15) is 0 Å². The van der Waals surface area contributed by atoms with Crippen LogP contribution in [0.1, 0.15) is 23.4 Å². The van der Waals surface area contributed by atoms with Crippen LogP contribution in [-0.4, -0.2) is 18.0 Å². The van der Waals surface area contributed by atoms with Crippen LogP contribution in [0.4, 0.5) is 4.39 Å². The van der Waals surface area contributed by atoms with Gasteiger partial charge in [-0.25, -0.2) is 4.39 Å². The molecule has 1 heterocycles. The first kappa shape index (κ1) is 15.6. The number of likely N-dealkylation sites (N-methyl/N-ethyl adjacent to an activating group) is 1. The van der Waals surface area contributed by atoms with Gasteiger partial charge >= 0.3 is 0 Å². The standard InChI is InChI=1S/C15H18BrFN2S/c1-2-19(10-12-4-3-7-20-12)15(9-18)13-8-11(17)5-6-14(13)16/h3-8,15H,2,9-10,18H2,1H3. The number of hydrogen-bond acceptors (Lipinski definition) is 3. The predicted octanol–water partition coefficient (Wildman–Crippen LogP) is 4.17. The monoisotopic (exact) mass is 356 g/mol. The molecule has 0 amide bonds. The Morgan fingerprint density at radius 1 is 1.40 bits per heavy atom. The fraction of sp³-hybridized carbons (Fsp3) is 0.333. The Balaban J connectivity index is 2.26. The molecule has 0 aliphatic heterocycles. The van der Waals surface area contributed by atoms with Crippen LogP contribution < -0.4 is 5.73 Å². The van der Waals surface area contributed by atoms with E-state index >= 15 is 0 Å². The fourth-order valence-corrected chi connectivity index (χ4v) is 3.53. The lowest BCUT2D eigenvalue weighted by Crippen LogP contribution is -2.33. The summed E-state index contributed by atoms with van der Waals surface area (Å²) in [5, 5.41) is 2.07. The van der Waals surface area contributed by atoms with Gasteiger partial charge in [-0.1, -0.05) is 28.9 Å². The lowest BCUT2D eigenvalue weighted by molar-refractivity contribution is 0.204. The third kappa shape index (κ3) is 3.67. The molecule has 1 aromatic carbocycles. The molecule has 0 bridgehead atoms. The summed E-state index contributed by atoms with van der Waals surface area (Å²) < 4.78 is 14.4. The number of hydrogen-bond donors (Lipinski definition) is 1. The van der Waals surface area contributed by atoms with E-state index in [2.05, 4.69) is 39.2 Å². The second kappa shape index (κ2) is 7.31. The van der Waals surface area contributed by atoms with E-state index in [0.717, 1.165) is 23.1 Å². The maximum atomic E-state index is 13.5. The summed E-state index contributed by atoms with van der Waals surface area (Å²) in [6.07, 6.45) is 0.